The third-order valence-electron chi connectivity index (χ3n) is 4.84. The van der Waals surface area contributed by atoms with E-state index in [4.69, 9.17) is 27.9 Å². The zero-order chi connectivity index (χ0) is 29.1. The Labute approximate surface area is 225 Å². The first kappa shape index (κ1) is 29.3. The summed E-state index contributed by atoms with van der Waals surface area (Å²) in [4.78, 5) is 22.9. The number of hydrogen-bond donors (Lipinski definition) is 1. The van der Waals surface area contributed by atoms with Gasteiger partial charge in [0.25, 0.3) is 5.91 Å². The maximum absolute atomic E-state index is 13.0. The molecule has 0 spiro atoms. The summed E-state index contributed by atoms with van der Waals surface area (Å²) >= 11 is 12.1. The molecule has 3 aromatic carbocycles. The molecule has 0 unspecified atom stereocenters. The number of rotatable bonds is 6. The average molecular weight is 590 g/mol. The van der Waals surface area contributed by atoms with E-state index >= 15 is 0 Å². The zero-order valence-electron chi connectivity index (χ0n) is 18.8. The van der Waals surface area contributed by atoms with E-state index in [2.05, 4.69) is 5.32 Å². The molecule has 0 aliphatic carbocycles. The van der Waals surface area contributed by atoms with Crippen molar-refractivity contribution in [2.24, 2.45) is 0 Å². The highest BCUT2D eigenvalue weighted by Gasteiger charge is 2.34. The first-order chi connectivity index (χ1) is 18.1. The number of ether oxygens (including phenoxy) is 1. The largest absolute Gasteiger partial charge is 0.448 e. The van der Waals surface area contributed by atoms with Crippen LogP contribution in [0.4, 0.5) is 37.7 Å². The third-order valence-corrected chi connectivity index (χ3v) is 5.34. The standard InChI is InChI=1S/C24H11Cl2F6N3O4/c25-16-7-12(6-13(11-33)22(36)34-17-3-1-2-14(8-17)23(27,28)29)21(18(26)10-16)39-20-5-4-15(24(30,31)32)9-19(20)35(37)38/h1-10H,(H,34,36)/b13-6+. The van der Waals surface area contributed by atoms with Crippen LogP contribution in [0, 0.1) is 21.4 Å². The third kappa shape index (κ3) is 7.18. The van der Waals surface area contributed by atoms with E-state index < -0.39 is 57.1 Å². The van der Waals surface area contributed by atoms with Gasteiger partial charge in [0.2, 0.25) is 5.75 Å². The van der Waals surface area contributed by atoms with Crippen LogP contribution in [0.3, 0.4) is 0 Å². The summed E-state index contributed by atoms with van der Waals surface area (Å²) in [5.74, 6) is -2.21. The molecule has 0 radical (unpaired) electrons. The molecule has 15 heteroatoms. The van der Waals surface area contributed by atoms with Gasteiger partial charge in [-0.2, -0.15) is 31.6 Å². The molecule has 0 saturated heterocycles. The van der Waals surface area contributed by atoms with Gasteiger partial charge in [-0.05, 0) is 48.5 Å². The molecule has 39 heavy (non-hydrogen) atoms. The second-order valence-corrected chi connectivity index (χ2v) is 8.39. The van der Waals surface area contributed by atoms with Gasteiger partial charge in [-0.1, -0.05) is 29.3 Å². The zero-order valence-corrected chi connectivity index (χ0v) is 20.3. The number of nitro benzene ring substituents is 1. The van der Waals surface area contributed by atoms with Crippen LogP contribution in [0.1, 0.15) is 16.7 Å². The lowest BCUT2D eigenvalue weighted by atomic mass is 10.1. The number of amides is 1. The molecule has 202 valence electrons. The number of nitrogens with zero attached hydrogens (tertiary/aromatic N) is 2. The molecule has 7 nitrogen and oxygen atoms in total. The Hall–Kier alpha value is -4.28. The number of carbonyl (C=O) groups is 1. The summed E-state index contributed by atoms with van der Waals surface area (Å²) in [7, 11) is 0. The highest BCUT2D eigenvalue weighted by Crippen LogP contribution is 2.42. The number of benzene rings is 3. The number of nitro groups is 1. The summed E-state index contributed by atoms with van der Waals surface area (Å²) in [6.45, 7) is 0. The van der Waals surface area contributed by atoms with Gasteiger partial charge in [0.05, 0.1) is 21.1 Å². The van der Waals surface area contributed by atoms with E-state index in [0.29, 0.717) is 18.2 Å². The van der Waals surface area contributed by atoms with Gasteiger partial charge in [0, 0.05) is 22.3 Å². The number of halogens is 8. The van der Waals surface area contributed by atoms with Gasteiger partial charge < -0.3 is 10.1 Å². The van der Waals surface area contributed by atoms with Crippen molar-refractivity contribution in [1.29, 1.82) is 5.26 Å². The van der Waals surface area contributed by atoms with E-state index in [1.54, 1.807) is 6.07 Å². The molecule has 0 aliphatic rings. The fourth-order valence-corrected chi connectivity index (χ4v) is 3.65. The normalized spacial score (nSPS) is 12.0. The lowest BCUT2D eigenvalue weighted by Crippen LogP contribution is -2.14. The average Bonchev–Trinajstić information content (AvgIpc) is 2.83. The maximum atomic E-state index is 13.0. The highest BCUT2D eigenvalue weighted by molar-refractivity contribution is 6.36. The number of nitrogens with one attached hydrogen (secondary N) is 1. The van der Waals surface area contributed by atoms with Crippen LogP contribution >= 0.6 is 23.2 Å². The van der Waals surface area contributed by atoms with Crippen LogP contribution in [0.2, 0.25) is 10.0 Å². The van der Waals surface area contributed by atoms with Crippen molar-refractivity contribution in [3.8, 4) is 17.6 Å². The van der Waals surface area contributed by atoms with Crippen LogP contribution in [-0.4, -0.2) is 10.8 Å². The number of anilines is 1. The smallest absolute Gasteiger partial charge is 0.416 e. The summed E-state index contributed by atoms with van der Waals surface area (Å²) in [6.07, 6.45) is -8.70. The minimum absolute atomic E-state index is 0.0453. The molecule has 0 aliphatic heterocycles. The van der Waals surface area contributed by atoms with E-state index in [9.17, 15) is 46.5 Å². The van der Waals surface area contributed by atoms with Crippen molar-refractivity contribution in [2.75, 3.05) is 5.32 Å². The molecule has 0 bridgehead atoms. The maximum Gasteiger partial charge on any atom is 0.416 e. The molecule has 1 amide bonds. The van der Waals surface area contributed by atoms with Gasteiger partial charge >= 0.3 is 18.0 Å². The summed E-state index contributed by atoms with van der Waals surface area (Å²) < 4.78 is 83.4. The fourth-order valence-electron chi connectivity index (χ4n) is 3.10. The van der Waals surface area contributed by atoms with E-state index in [1.807, 2.05) is 0 Å². The monoisotopic (exact) mass is 589 g/mol. The van der Waals surface area contributed by atoms with Gasteiger partial charge in [-0.3, -0.25) is 14.9 Å². The van der Waals surface area contributed by atoms with Crippen molar-refractivity contribution in [2.45, 2.75) is 12.4 Å². The Bertz CT molecular complexity index is 1530. The molecule has 1 N–H and O–H groups in total. The first-order valence-corrected chi connectivity index (χ1v) is 11.0. The van der Waals surface area contributed by atoms with Crippen molar-refractivity contribution in [3.05, 3.63) is 97.0 Å². The summed E-state index contributed by atoms with van der Waals surface area (Å²) in [6, 6.07) is 8.87. The number of hydrogen-bond acceptors (Lipinski definition) is 5. The predicted octanol–water partition coefficient (Wildman–Crippen LogP) is 8.28. The van der Waals surface area contributed by atoms with Crippen LogP contribution in [-0.2, 0) is 17.1 Å². The molecule has 0 aromatic heterocycles. The number of alkyl halides is 6. The van der Waals surface area contributed by atoms with Crippen molar-refractivity contribution in [1.82, 2.24) is 0 Å². The topological polar surface area (TPSA) is 105 Å². The Balaban J connectivity index is 2.03. The Morgan fingerprint density at radius 1 is 1.00 bits per heavy atom. The minimum Gasteiger partial charge on any atom is -0.448 e. The molecule has 0 fully saturated rings. The minimum atomic E-state index is -4.89. The SMILES string of the molecule is N#C/C(=C\c1cc(Cl)cc(Cl)c1Oc1ccc(C(F)(F)F)cc1[N+](=O)[O-])C(=O)Nc1cccc(C(F)(F)F)c1. The van der Waals surface area contributed by atoms with Crippen LogP contribution < -0.4 is 10.1 Å². The Morgan fingerprint density at radius 3 is 2.23 bits per heavy atom. The van der Waals surface area contributed by atoms with Crippen molar-refractivity contribution in [3.63, 3.8) is 0 Å². The van der Waals surface area contributed by atoms with Gasteiger partial charge in [-0.15, -0.1) is 0 Å². The molecular weight excluding hydrogens is 579 g/mol. The fraction of sp³-hybridized carbons (Fsp3) is 0.0833. The Morgan fingerprint density at radius 2 is 1.64 bits per heavy atom. The molecule has 0 atom stereocenters. The lowest BCUT2D eigenvalue weighted by Gasteiger charge is -2.14. The molecule has 0 heterocycles. The lowest BCUT2D eigenvalue weighted by molar-refractivity contribution is -0.385. The van der Waals surface area contributed by atoms with E-state index in [0.717, 1.165) is 36.4 Å². The van der Waals surface area contributed by atoms with E-state index in [1.165, 1.54) is 0 Å². The van der Waals surface area contributed by atoms with Crippen molar-refractivity contribution >= 4 is 46.6 Å². The first-order valence-electron chi connectivity index (χ1n) is 10.2. The molecule has 3 aromatic rings. The van der Waals surface area contributed by atoms with Crippen molar-refractivity contribution < 1.29 is 40.8 Å². The van der Waals surface area contributed by atoms with Gasteiger partial charge in [-0.25, -0.2) is 0 Å². The van der Waals surface area contributed by atoms with Crippen LogP contribution in [0.5, 0.6) is 11.5 Å². The summed E-state index contributed by atoms with van der Waals surface area (Å²) in [5, 5.41) is 22.7. The summed E-state index contributed by atoms with van der Waals surface area (Å²) in [5.41, 5.74) is -4.58. The van der Waals surface area contributed by atoms with Crippen LogP contribution in [0.15, 0.2) is 60.2 Å². The van der Waals surface area contributed by atoms with E-state index in [-0.39, 0.29) is 27.4 Å². The van der Waals surface area contributed by atoms with Gasteiger partial charge in [0.15, 0.2) is 5.75 Å². The predicted molar refractivity (Wildman–Crippen MR) is 128 cm³/mol. The quantitative estimate of drug-likeness (QED) is 0.102. The molecule has 3 rings (SSSR count). The number of nitriles is 1. The van der Waals surface area contributed by atoms with Crippen LogP contribution in [0.25, 0.3) is 6.08 Å². The Kier molecular flexibility index (Phi) is 8.42. The number of carbonyl (C=O) groups excluding carboxylic acids is 1. The molecular formula is C24H11Cl2F6N3O4. The highest BCUT2D eigenvalue weighted by atomic mass is 35.5. The second kappa shape index (κ2) is 11.2. The second-order valence-electron chi connectivity index (χ2n) is 7.55. The van der Waals surface area contributed by atoms with Gasteiger partial charge in [0.1, 0.15) is 11.6 Å². The molecule has 0 saturated carbocycles.